The van der Waals surface area contributed by atoms with Crippen LogP contribution in [0.25, 0.3) is 6.08 Å². The van der Waals surface area contributed by atoms with Gasteiger partial charge in [-0.3, -0.25) is 4.79 Å². The van der Waals surface area contributed by atoms with Gasteiger partial charge in [0.25, 0.3) is 0 Å². The number of carbonyl (C=O) groups is 1. The molecule has 0 radical (unpaired) electrons. The van der Waals surface area contributed by atoms with Gasteiger partial charge in [0.1, 0.15) is 12.4 Å². The quantitative estimate of drug-likeness (QED) is 0.278. The minimum absolute atomic E-state index is 0.446. The third-order valence-electron chi connectivity index (χ3n) is 5.02. The molecular formula is C28H23O2P. The highest BCUT2D eigenvalue weighted by Gasteiger charge is 2.19. The van der Waals surface area contributed by atoms with Crippen LogP contribution in [0.15, 0.2) is 110 Å². The van der Waals surface area contributed by atoms with Gasteiger partial charge in [0, 0.05) is 5.56 Å². The van der Waals surface area contributed by atoms with E-state index in [9.17, 15) is 4.79 Å². The monoisotopic (exact) mass is 422 g/mol. The van der Waals surface area contributed by atoms with Gasteiger partial charge in [-0.1, -0.05) is 97.6 Å². The number of hydrogen-bond donors (Lipinski definition) is 0. The molecule has 0 bridgehead atoms. The lowest BCUT2D eigenvalue weighted by molar-refractivity contribution is 0.112. The molecule has 152 valence electrons. The Bertz CT molecular complexity index is 1110. The minimum atomic E-state index is -0.840. The molecule has 4 rings (SSSR count). The maximum Gasteiger partial charge on any atom is 0.150 e. The molecule has 0 aliphatic rings. The molecule has 0 heterocycles. The first kappa shape index (κ1) is 20.8. The van der Waals surface area contributed by atoms with Gasteiger partial charge in [-0.05, 0) is 53.2 Å². The zero-order chi connectivity index (χ0) is 21.5. The summed E-state index contributed by atoms with van der Waals surface area (Å²) in [6.45, 7) is 4.22. The fourth-order valence-corrected chi connectivity index (χ4v) is 5.81. The summed E-state index contributed by atoms with van der Waals surface area (Å²) in [5, 5.41) is 3.45. The van der Waals surface area contributed by atoms with Crippen LogP contribution in [0, 0.1) is 0 Å². The van der Waals surface area contributed by atoms with Crippen LogP contribution >= 0.6 is 7.92 Å². The summed E-state index contributed by atoms with van der Waals surface area (Å²) < 4.78 is 5.98. The Morgan fingerprint density at radius 2 is 1.39 bits per heavy atom. The van der Waals surface area contributed by atoms with Gasteiger partial charge in [-0.15, -0.1) is 0 Å². The van der Waals surface area contributed by atoms with Crippen LogP contribution in [0.2, 0.25) is 0 Å². The first-order valence-corrected chi connectivity index (χ1v) is 11.5. The van der Waals surface area contributed by atoms with Gasteiger partial charge in [0.2, 0.25) is 0 Å². The summed E-state index contributed by atoms with van der Waals surface area (Å²) in [4.78, 5) is 12.0. The van der Waals surface area contributed by atoms with Crippen molar-refractivity contribution >= 4 is 36.2 Å². The van der Waals surface area contributed by atoms with Crippen molar-refractivity contribution in [1.29, 1.82) is 0 Å². The SMILES string of the molecule is C=Cc1ccc(COc2ccc(P(c3ccccc3)c3ccccc3)c(C=O)c2)cc1. The molecule has 0 aliphatic carbocycles. The normalized spacial score (nSPS) is 10.6. The van der Waals surface area contributed by atoms with E-state index in [1.54, 1.807) is 0 Å². The first-order valence-electron chi connectivity index (χ1n) is 10.1. The second-order valence-electron chi connectivity index (χ2n) is 7.08. The van der Waals surface area contributed by atoms with E-state index in [2.05, 4.69) is 30.8 Å². The van der Waals surface area contributed by atoms with Crippen LogP contribution < -0.4 is 20.7 Å². The van der Waals surface area contributed by atoms with Crippen molar-refractivity contribution in [3.05, 3.63) is 126 Å². The maximum absolute atomic E-state index is 12.0. The molecular weight excluding hydrogens is 399 g/mol. The topological polar surface area (TPSA) is 26.3 Å². The summed E-state index contributed by atoms with van der Waals surface area (Å²) in [6, 6.07) is 34.6. The number of ether oxygens (including phenoxy) is 1. The predicted molar refractivity (Wildman–Crippen MR) is 131 cm³/mol. The second kappa shape index (κ2) is 10.0. The predicted octanol–water partition coefficient (Wildman–Crippen LogP) is 5.48. The Kier molecular flexibility index (Phi) is 6.72. The first-order chi connectivity index (χ1) is 15.3. The number of carbonyl (C=O) groups excluding carboxylic acids is 1. The maximum atomic E-state index is 12.0. The van der Waals surface area contributed by atoms with Crippen LogP contribution in [0.5, 0.6) is 5.75 Å². The van der Waals surface area contributed by atoms with E-state index in [1.807, 2.05) is 84.9 Å². The van der Waals surface area contributed by atoms with Gasteiger partial charge in [-0.25, -0.2) is 0 Å². The van der Waals surface area contributed by atoms with Crippen LogP contribution in [0.1, 0.15) is 21.5 Å². The summed E-state index contributed by atoms with van der Waals surface area (Å²) in [7, 11) is -0.840. The lowest BCUT2D eigenvalue weighted by atomic mass is 10.1. The molecule has 0 saturated heterocycles. The van der Waals surface area contributed by atoms with Gasteiger partial charge in [-0.2, -0.15) is 0 Å². The van der Waals surface area contributed by atoms with Crippen LogP contribution in [-0.2, 0) is 6.61 Å². The average molecular weight is 422 g/mol. The number of rotatable bonds is 8. The Morgan fingerprint density at radius 3 is 1.94 bits per heavy atom. The van der Waals surface area contributed by atoms with E-state index in [4.69, 9.17) is 4.74 Å². The Balaban J connectivity index is 1.64. The fourth-order valence-electron chi connectivity index (χ4n) is 3.42. The van der Waals surface area contributed by atoms with Crippen molar-refractivity contribution in [2.45, 2.75) is 6.61 Å². The van der Waals surface area contributed by atoms with Crippen LogP contribution in [0.3, 0.4) is 0 Å². The molecule has 0 N–H and O–H groups in total. The zero-order valence-corrected chi connectivity index (χ0v) is 18.0. The number of aldehydes is 1. The molecule has 0 unspecified atom stereocenters. The molecule has 0 aliphatic heterocycles. The molecule has 3 heteroatoms. The van der Waals surface area contributed by atoms with Crippen molar-refractivity contribution < 1.29 is 9.53 Å². The molecule has 2 nitrogen and oxygen atoms in total. The van der Waals surface area contributed by atoms with Crippen molar-refractivity contribution in [2.75, 3.05) is 0 Å². The Morgan fingerprint density at radius 1 is 0.774 bits per heavy atom. The van der Waals surface area contributed by atoms with Gasteiger partial charge < -0.3 is 4.74 Å². The van der Waals surface area contributed by atoms with E-state index in [-0.39, 0.29) is 0 Å². The van der Waals surface area contributed by atoms with Crippen molar-refractivity contribution in [3.63, 3.8) is 0 Å². The van der Waals surface area contributed by atoms with E-state index >= 15 is 0 Å². The molecule has 0 aromatic heterocycles. The molecule has 0 saturated carbocycles. The highest BCUT2D eigenvalue weighted by Crippen LogP contribution is 2.34. The van der Waals surface area contributed by atoms with E-state index in [1.165, 1.54) is 10.6 Å². The van der Waals surface area contributed by atoms with E-state index in [0.29, 0.717) is 17.9 Å². The van der Waals surface area contributed by atoms with Gasteiger partial charge in [0.05, 0.1) is 0 Å². The summed E-state index contributed by atoms with van der Waals surface area (Å²) in [6.07, 6.45) is 2.75. The lowest BCUT2D eigenvalue weighted by Gasteiger charge is -2.21. The van der Waals surface area contributed by atoms with E-state index < -0.39 is 7.92 Å². The molecule has 31 heavy (non-hydrogen) atoms. The molecule has 0 fully saturated rings. The molecule has 4 aromatic carbocycles. The number of benzene rings is 4. The minimum Gasteiger partial charge on any atom is -0.489 e. The van der Waals surface area contributed by atoms with Gasteiger partial charge in [0.15, 0.2) is 6.29 Å². The number of hydrogen-bond acceptors (Lipinski definition) is 2. The summed E-state index contributed by atoms with van der Waals surface area (Å²) >= 11 is 0. The molecule has 4 aromatic rings. The van der Waals surface area contributed by atoms with Gasteiger partial charge >= 0.3 is 0 Å². The molecule has 0 atom stereocenters. The Labute approximate surface area is 184 Å². The van der Waals surface area contributed by atoms with Crippen LogP contribution in [-0.4, -0.2) is 6.29 Å². The molecule has 0 amide bonds. The zero-order valence-electron chi connectivity index (χ0n) is 17.1. The lowest BCUT2D eigenvalue weighted by Crippen LogP contribution is -2.23. The second-order valence-corrected chi connectivity index (χ2v) is 9.26. The summed E-state index contributed by atoms with van der Waals surface area (Å²) in [5.41, 5.74) is 2.81. The van der Waals surface area contributed by atoms with Crippen LogP contribution in [0.4, 0.5) is 0 Å². The Hall–Kier alpha value is -3.48. The smallest absolute Gasteiger partial charge is 0.150 e. The fraction of sp³-hybridized carbons (Fsp3) is 0.0357. The molecule has 0 spiro atoms. The highest BCUT2D eigenvalue weighted by atomic mass is 31.1. The van der Waals surface area contributed by atoms with Crippen molar-refractivity contribution in [3.8, 4) is 5.75 Å². The summed E-state index contributed by atoms with van der Waals surface area (Å²) in [5.74, 6) is 0.690. The standard InChI is InChI=1S/C28H23O2P/c1-2-22-13-15-23(16-14-22)21-30-25-17-18-28(24(19-25)20-29)31(26-9-5-3-6-10-26)27-11-7-4-8-12-27/h2-20H,1,21H2. The van der Waals surface area contributed by atoms with Crippen molar-refractivity contribution in [2.24, 2.45) is 0 Å². The third-order valence-corrected chi connectivity index (χ3v) is 7.53. The highest BCUT2D eigenvalue weighted by molar-refractivity contribution is 7.80. The largest absolute Gasteiger partial charge is 0.489 e. The van der Waals surface area contributed by atoms with E-state index in [0.717, 1.165) is 22.7 Å². The average Bonchev–Trinajstić information content (AvgIpc) is 2.85. The third kappa shape index (κ3) is 4.99. The van der Waals surface area contributed by atoms with Crippen molar-refractivity contribution in [1.82, 2.24) is 0 Å².